The summed E-state index contributed by atoms with van der Waals surface area (Å²) < 4.78 is 23.8. The van der Waals surface area contributed by atoms with Gasteiger partial charge < -0.3 is 18.9 Å². The van der Waals surface area contributed by atoms with Crippen molar-refractivity contribution in [1.29, 1.82) is 0 Å². The maximum atomic E-state index is 12.3. The van der Waals surface area contributed by atoms with Crippen LogP contribution in [0.25, 0.3) is 11.1 Å². The molecule has 4 aromatic rings. The Hall–Kier alpha value is -4.25. The van der Waals surface area contributed by atoms with E-state index in [0.29, 0.717) is 18.1 Å². The topological polar surface area (TPSA) is 54.0 Å². The lowest BCUT2D eigenvalue weighted by Gasteiger charge is -2.21. The molecule has 0 saturated carbocycles. The number of benzene rings is 4. The number of hydrogen-bond donors (Lipinski definition) is 0. The van der Waals surface area contributed by atoms with Gasteiger partial charge in [-0.25, -0.2) is 4.79 Å². The molecule has 0 amide bonds. The molecular formula is C42H52O5. The van der Waals surface area contributed by atoms with Crippen molar-refractivity contribution in [2.45, 2.75) is 97.2 Å². The maximum Gasteiger partial charge on any atom is 0.347 e. The molecule has 0 saturated heterocycles. The SMILES string of the molecule is CCCCCCCCOc1ccc(-c2ccc(C(Oc3ccc(OC(C)C(=O)OCCCCCC)cc3)c3ccccc3)cc2)cc1. The van der Waals surface area contributed by atoms with E-state index in [0.717, 1.165) is 66.7 Å². The Morgan fingerprint density at radius 2 is 1.02 bits per heavy atom. The Balaban J connectivity index is 1.34. The highest BCUT2D eigenvalue weighted by Crippen LogP contribution is 2.32. The van der Waals surface area contributed by atoms with Crippen LogP contribution in [0.1, 0.15) is 102 Å². The van der Waals surface area contributed by atoms with E-state index in [-0.39, 0.29) is 12.1 Å². The van der Waals surface area contributed by atoms with Gasteiger partial charge in [-0.3, -0.25) is 0 Å². The summed E-state index contributed by atoms with van der Waals surface area (Å²) in [4.78, 5) is 12.3. The number of ether oxygens (including phenoxy) is 4. The number of carbonyl (C=O) groups is 1. The Morgan fingerprint density at radius 1 is 0.532 bits per heavy atom. The van der Waals surface area contributed by atoms with Crippen LogP contribution < -0.4 is 14.2 Å². The summed E-state index contributed by atoms with van der Waals surface area (Å²) in [5, 5.41) is 0. The molecule has 5 nitrogen and oxygen atoms in total. The minimum Gasteiger partial charge on any atom is -0.494 e. The van der Waals surface area contributed by atoms with Gasteiger partial charge in [0.2, 0.25) is 0 Å². The zero-order valence-electron chi connectivity index (χ0n) is 28.5. The molecule has 2 atom stereocenters. The lowest BCUT2D eigenvalue weighted by Crippen LogP contribution is -2.26. The third-order valence-electron chi connectivity index (χ3n) is 8.23. The van der Waals surface area contributed by atoms with Crippen molar-refractivity contribution in [2.75, 3.05) is 13.2 Å². The van der Waals surface area contributed by atoms with Crippen LogP contribution in [0.3, 0.4) is 0 Å². The van der Waals surface area contributed by atoms with Gasteiger partial charge in [0.1, 0.15) is 23.4 Å². The zero-order chi connectivity index (χ0) is 33.1. The van der Waals surface area contributed by atoms with E-state index in [1.807, 2.05) is 42.5 Å². The van der Waals surface area contributed by atoms with Crippen molar-refractivity contribution in [3.8, 4) is 28.4 Å². The smallest absolute Gasteiger partial charge is 0.347 e. The van der Waals surface area contributed by atoms with Crippen LogP contribution in [-0.4, -0.2) is 25.3 Å². The predicted molar refractivity (Wildman–Crippen MR) is 191 cm³/mol. The van der Waals surface area contributed by atoms with E-state index in [4.69, 9.17) is 18.9 Å². The molecule has 2 unspecified atom stereocenters. The zero-order valence-corrected chi connectivity index (χ0v) is 28.5. The minimum absolute atomic E-state index is 0.295. The summed E-state index contributed by atoms with van der Waals surface area (Å²) in [6.07, 6.45) is 10.8. The first kappa shape index (κ1) is 35.6. The van der Waals surface area contributed by atoms with E-state index in [2.05, 4.69) is 74.5 Å². The quantitative estimate of drug-likeness (QED) is 0.0673. The Morgan fingerprint density at radius 3 is 1.66 bits per heavy atom. The van der Waals surface area contributed by atoms with Crippen molar-refractivity contribution in [3.05, 3.63) is 114 Å². The molecule has 0 spiro atoms. The van der Waals surface area contributed by atoms with Crippen LogP contribution in [0, 0.1) is 0 Å². The molecule has 0 aliphatic heterocycles. The fraction of sp³-hybridized carbons (Fsp3) is 0.405. The standard InChI is InChI=1S/C42H52O5/c1-4-6-8-10-11-16-31-44-38-25-23-35(24-26-38)34-19-21-37(22-20-34)41(36-17-13-12-14-18-36)47-40-29-27-39(28-30-40)46-33(3)42(43)45-32-15-9-7-5-2/h12-14,17-30,33,41H,4-11,15-16,31-32H2,1-3H3. The molecule has 47 heavy (non-hydrogen) atoms. The van der Waals surface area contributed by atoms with E-state index < -0.39 is 6.10 Å². The maximum absolute atomic E-state index is 12.3. The number of esters is 1. The lowest BCUT2D eigenvalue weighted by atomic mass is 9.98. The van der Waals surface area contributed by atoms with Gasteiger partial charge in [0.25, 0.3) is 0 Å². The van der Waals surface area contributed by atoms with Crippen LogP contribution in [0.15, 0.2) is 103 Å². The lowest BCUT2D eigenvalue weighted by molar-refractivity contribution is -0.151. The highest BCUT2D eigenvalue weighted by Gasteiger charge is 2.18. The number of hydrogen-bond acceptors (Lipinski definition) is 5. The van der Waals surface area contributed by atoms with Gasteiger partial charge in [-0.1, -0.05) is 132 Å². The Bertz CT molecular complexity index is 1420. The van der Waals surface area contributed by atoms with Gasteiger partial charge in [-0.15, -0.1) is 0 Å². The summed E-state index contributed by atoms with van der Waals surface area (Å²) in [6.45, 7) is 7.32. The molecule has 0 radical (unpaired) electrons. The van der Waals surface area contributed by atoms with E-state index in [1.54, 1.807) is 6.92 Å². The van der Waals surface area contributed by atoms with Gasteiger partial charge in [-0.05, 0) is 78.4 Å². The van der Waals surface area contributed by atoms with E-state index >= 15 is 0 Å². The Kier molecular flexibility index (Phi) is 15.2. The molecule has 4 aromatic carbocycles. The molecule has 0 aromatic heterocycles. The molecule has 0 aliphatic carbocycles. The number of unbranched alkanes of at least 4 members (excludes halogenated alkanes) is 8. The van der Waals surface area contributed by atoms with Crippen molar-refractivity contribution < 1.29 is 23.7 Å². The highest BCUT2D eigenvalue weighted by atomic mass is 16.6. The van der Waals surface area contributed by atoms with Gasteiger partial charge in [0, 0.05) is 0 Å². The number of rotatable bonds is 21. The normalized spacial score (nSPS) is 12.2. The molecule has 250 valence electrons. The monoisotopic (exact) mass is 636 g/mol. The fourth-order valence-electron chi connectivity index (χ4n) is 5.43. The molecular weight excluding hydrogens is 584 g/mol. The second-order valence-electron chi connectivity index (χ2n) is 12.1. The highest BCUT2D eigenvalue weighted by molar-refractivity contribution is 5.74. The van der Waals surface area contributed by atoms with Crippen molar-refractivity contribution >= 4 is 5.97 Å². The first-order valence-corrected chi connectivity index (χ1v) is 17.6. The summed E-state index contributed by atoms with van der Waals surface area (Å²) in [6, 6.07) is 34.5. The van der Waals surface area contributed by atoms with Crippen molar-refractivity contribution in [2.24, 2.45) is 0 Å². The summed E-state index contributed by atoms with van der Waals surface area (Å²) >= 11 is 0. The molecule has 0 bridgehead atoms. The number of carbonyl (C=O) groups excluding carboxylic acids is 1. The van der Waals surface area contributed by atoms with Crippen LogP contribution >= 0.6 is 0 Å². The average molecular weight is 637 g/mol. The molecule has 0 fully saturated rings. The predicted octanol–water partition coefficient (Wildman–Crippen LogP) is 11.2. The average Bonchev–Trinajstić information content (AvgIpc) is 3.11. The largest absolute Gasteiger partial charge is 0.494 e. The second-order valence-corrected chi connectivity index (χ2v) is 12.1. The molecule has 5 heteroatoms. The minimum atomic E-state index is -0.683. The molecule has 0 aliphatic rings. The van der Waals surface area contributed by atoms with E-state index in [9.17, 15) is 4.79 Å². The first-order chi connectivity index (χ1) is 23.1. The fourth-order valence-corrected chi connectivity index (χ4v) is 5.43. The molecule has 4 rings (SSSR count). The summed E-state index contributed by atoms with van der Waals surface area (Å²) in [5.41, 5.74) is 4.39. The van der Waals surface area contributed by atoms with E-state index in [1.165, 1.54) is 32.1 Å². The molecule has 0 N–H and O–H groups in total. The van der Waals surface area contributed by atoms with Gasteiger partial charge in [0.05, 0.1) is 13.2 Å². The molecule has 0 heterocycles. The van der Waals surface area contributed by atoms with Crippen LogP contribution in [0.2, 0.25) is 0 Å². The van der Waals surface area contributed by atoms with Gasteiger partial charge >= 0.3 is 5.97 Å². The Labute approximate surface area is 282 Å². The van der Waals surface area contributed by atoms with Crippen LogP contribution in [0.4, 0.5) is 0 Å². The third kappa shape index (κ3) is 12.1. The summed E-state index contributed by atoms with van der Waals surface area (Å²) in [5.74, 6) is 1.87. The first-order valence-electron chi connectivity index (χ1n) is 17.6. The van der Waals surface area contributed by atoms with Crippen LogP contribution in [-0.2, 0) is 9.53 Å². The van der Waals surface area contributed by atoms with Crippen LogP contribution in [0.5, 0.6) is 17.2 Å². The third-order valence-corrected chi connectivity index (χ3v) is 8.23. The van der Waals surface area contributed by atoms with Gasteiger partial charge in [-0.2, -0.15) is 0 Å². The summed E-state index contributed by atoms with van der Waals surface area (Å²) in [7, 11) is 0. The second kappa shape index (κ2) is 20.1. The van der Waals surface area contributed by atoms with Crippen molar-refractivity contribution in [1.82, 2.24) is 0 Å². The van der Waals surface area contributed by atoms with Gasteiger partial charge in [0.15, 0.2) is 6.10 Å². The van der Waals surface area contributed by atoms with Crippen molar-refractivity contribution in [3.63, 3.8) is 0 Å².